The highest BCUT2D eigenvalue weighted by atomic mass is 32.2. The van der Waals surface area contributed by atoms with E-state index in [0.29, 0.717) is 36.6 Å². The molecule has 0 unspecified atom stereocenters. The van der Waals surface area contributed by atoms with Crippen LogP contribution in [0.15, 0.2) is 58.5 Å². The van der Waals surface area contributed by atoms with E-state index in [1.807, 2.05) is 35.2 Å². The fourth-order valence-electron chi connectivity index (χ4n) is 4.20. The fourth-order valence-corrected chi connectivity index (χ4v) is 6.41. The number of aromatic nitrogens is 3. The van der Waals surface area contributed by atoms with Crippen molar-refractivity contribution in [1.29, 1.82) is 0 Å². The quantitative estimate of drug-likeness (QED) is 0.191. The van der Waals surface area contributed by atoms with E-state index in [4.69, 9.17) is 26.7 Å². The molecule has 11 heteroatoms. The van der Waals surface area contributed by atoms with Gasteiger partial charge in [0.25, 0.3) is 5.56 Å². The molecule has 1 saturated heterocycles. The summed E-state index contributed by atoms with van der Waals surface area (Å²) in [5.41, 5.74) is 1.54. The lowest BCUT2D eigenvalue weighted by atomic mass is 10.2. The summed E-state index contributed by atoms with van der Waals surface area (Å²) in [6, 6.07) is 14.8. The van der Waals surface area contributed by atoms with Gasteiger partial charge in [0.2, 0.25) is 5.91 Å². The maximum atomic E-state index is 13.9. The van der Waals surface area contributed by atoms with Crippen LogP contribution in [0, 0.1) is 3.95 Å². The smallest absolute Gasteiger partial charge is 0.278 e. The SMILES string of the molecule is COc1ccc(-n2c(SCC(=O)N3CCCC3)nc3c(sc(=S)n3-c3ccccc3)c2=O)c(OC)c1. The highest BCUT2D eigenvalue weighted by Gasteiger charge is 2.23. The maximum Gasteiger partial charge on any atom is 0.278 e. The van der Waals surface area contributed by atoms with Gasteiger partial charge in [-0.25, -0.2) is 4.98 Å². The van der Waals surface area contributed by atoms with Gasteiger partial charge < -0.3 is 14.4 Å². The standard InChI is InChI=1S/C25H24N4O4S3/c1-32-17-10-11-18(19(14-17)33-2)29-23(31)21-22(28(25(34)36-21)16-8-4-3-5-9-16)26-24(29)35-15-20(30)27-12-6-7-13-27/h3-5,8-11,14H,6-7,12-13,15H2,1-2H3. The lowest BCUT2D eigenvalue weighted by molar-refractivity contribution is -0.127. The Hall–Kier alpha value is -3.15. The first-order valence-electron chi connectivity index (χ1n) is 11.4. The largest absolute Gasteiger partial charge is 0.497 e. The van der Waals surface area contributed by atoms with Crippen LogP contribution in [-0.4, -0.2) is 58.0 Å². The minimum Gasteiger partial charge on any atom is -0.497 e. The second-order valence-corrected chi connectivity index (χ2v) is 10.7. The van der Waals surface area contributed by atoms with Crippen LogP contribution in [0.25, 0.3) is 21.7 Å². The number of hydrogen-bond acceptors (Lipinski definition) is 8. The fraction of sp³-hybridized carbons (Fsp3) is 0.280. The van der Waals surface area contributed by atoms with Crippen LogP contribution in [-0.2, 0) is 4.79 Å². The Morgan fingerprint density at radius 2 is 1.83 bits per heavy atom. The first-order chi connectivity index (χ1) is 17.5. The molecule has 1 aliphatic heterocycles. The van der Waals surface area contributed by atoms with Crippen molar-refractivity contribution in [3.8, 4) is 22.9 Å². The van der Waals surface area contributed by atoms with E-state index in [1.54, 1.807) is 29.9 Å². The molecule has 3 heterocycles. The third-order valence-corrected chi connectivity index (χ3v) is 8.28. The number of thioether (sulfide) groups is 1. The van der Waals surface area contributed by atoms with Gasteiger partial charge in [-0.1, -0.05) is 41.3 Å². The summed E-state index contributed by atoms with van der Waals surface area (Å²) in [6.07, 6.45) is 2.03. The Balaban J connectivity index is 1.70. The lowest BCUT2D eigenvalue weighted by Gasteiger charge is -2.18. The minimum absolute atomic E-state index is 0.0327. The molecule has 5 rings (SSSR count). The summed E-state index contributed by atoms with van der Waals surface area (Å²) in [4.78, 5) is 33.6. The third-order valence-electron chi connectivity index (χ3n) is 6.00. The molecule has 0 atom stereocenters. The summed E-state index contributed by atoms with van der Waals surface area (Å²) in [6.45, 7) is 1.53. The normalized spacial score (nSPS) is 13.3. The number of para-hydroxylation sites is 1. The Labute approximate surface area is 221 Å². The highest BCUT2D eigenvalue weighted by Crippen LogP contribution is 2.32. The van der Waals surface area contributed by atoms with E-state index in [9.17, 15) is 9.59 Å². The van der Waals surface area contributed by atoms with Crippen LogP contribution in [0.1, 0.15) is 12.8 Å². The average Bonchev–Trinajstić information content (AvgIpc) is 3.56. The van der Waals surface area contributed by atoms with Crippen molar-refractivity contribution in [1.82, 2.24) is 19.0 Å². The van der Waals surface area contributed by atoms with E-state index < -0.39 is 0 Å². The number of fused-ring (bicyclic) bond motifs is 1. The topological polar surface area (TPSA) is 78.6 Å². The number of nitrogens with zero attached hydrogens (tertiary/aromatic N) is 4. The predicted octanol–water partition coefficient (Wildman–Crippen LogP) is 4.70. The van der Waals surface area contributed by atoms with Crippen LogP contribution in [0.5, 0.6) is 11.5 Å². The van der Waals surface area contributed by atoms with Crippen LogP contribution in [0.2, 0.25) is 0 Å². The van der Waals surface area contributed by atoms with E-state index in [2.05, 4.69) is 0 Å². The molecule has 1 amide bonds. The molecule has 36 heavy (non-hydrogen) atoms. The van der Waals surface area contributed by atoms with Crippen molar-refractivity contribution >= 4 is 51.6 Å². The number of hydrogen-bond donors (Lipinski definition) is 0. The molecule has 0 spiro atoms. The molecule has 1 fully saturated rings. The maximum absolute atomic E-state index is 13.9. The van der Waals surface area contributed by atoms with Crippen molar-refractivity contribution < 1.29 is 14.3 Å². The zero-order valence-electron chi connectivity index (χ0n) is 19.8. The number of benzene rings is 2. The number of carbonyl (C=O) groups excluding carboxylic acids is 1. The first kappa shape index (κ1) is 24.5. The minimum atomic E-state index is -0.273. The predicted molar refractivity (Wildman–Crippen MR) is 145 cm³/mol. The van der Waals surface area contributed by atoms with Crippen LogP contribution >= 0.6 is 35.3 Å². The van der Waals surface area contributed by atoms with Crippen LogP contribution in [0.4, 0.5) is 0 Å². The van der Waals surface area contributed by atoms with Gasteiger partial charge in [0, 0.05) is 24.8 Å². The average molecular weight is 541 g/mol. The lowest BCUT2D eigenvalue weighted by Crippen LogP contribution is -2.29. The zero-order chi connectivity index (χ0) is 25.2. The summed E-state index contributed by atoms with van der Waals surface area (Å²) >= 11 is 8.10. The molecule has 186 valence electrons. The Morgan fingerprint density at radius 1 is 1.08 bits per heavy atom. The van der Waals surface area contributed by atoms with Gasteiger partial charge in [0.1, 0.15) is 16.2 Å². The third kappa shape index (κ3) is 4.54. The zero-order valence-corrected chi connectivity index (χ0v) is 22.3. The van der Waals surface area contributed by atoms with E-state index in [1.165, 1.54) is 34.8 Å². The number of carbonyl (C=O) groups is 1. The Bertz CT molecular complexity index is 1540. The summed E-state index contributed by atoms with van der Waals surface area (Å²) in [5, 5.41) is 0.390. The second kappa shape index (κ2) is 10.5. The molecule has 0 radical (unpaired) electrons. The summed E-state index contributed by atoms with van der Waals surface area (Å²) in [7, 11) is 3.10. The first-order valence-corrected chi connectivity index (χ1v) is 13.6. The van der Waals surface area contributed by atoms with Gasteiger partial charge in [0.05, 0.1) is 25.7 Å². The van der Waals surface area contributed by atoms with E-state index in [-0.39, 0.29) is 17.2 Å². The van der Waals surface area contributed by atoms with Gasteiger partial charge in [0.15, 0.2) is 14.8 Å². The van der Waals surface area contributed by atoms with Crippen molar-refractivity contribution in [2.24, 2.45) is 0 Å². The second-order valence-electron chi connectivity index (χ2n) is 8.14. The Kier molecular flexibility index (Phi) is 7.13. The molecule has 8 nitrogen and oxygen atoms in total. The van der Waals surface area contributed by atoms with Crippen molar-refractivity contribution in [3.05, 3.63) is 62.8 Å². The van der Waals surface area contributed by atoms with Gasteiger partial charge in [-0.05, 0) is 49.3 Å². The van der Waals surface area contributed by atoms with Gasteiger partial charge in [-0.3, -0.25) is 18.7 Å². The van der Waals surface area contributed by atoms with Crippen molar-refractivity contribution in [2.75, 3.05) is 33.1 Å². The molecular weight excluding hydrogens is 517 g/mol. The molecule has 4 aromatic rings. The molecule has 0 N–H and O–H groups in total. The molecule has 0 saturated carbocycles. The van der Waals surface area contributed by atoms with Crippen LogP contribution < -0.4 is 15.0 Å². The molecule has 0 bridgehead atoms. The van der Waals surface area contributed by atoms with Gasteiger partial charge in [-0.15, -0.1) is 0 Å². The molecule has 0 aliphatic carbocycles. The summed E-state index contributed by atoms with van der Waals surface area (Å²) < 4.78 is 15.2. The highest BCUT2D eigenvalue weighted by molar-refractivity contribution is 7.99. The van der Waals surface area contributed by atoms with Gasteiger partial charge in [-0.2, -0.15) is 0 Å². The van der Waals surface area contributed by atoms with Crippen LogP contribution in [0.3, 0.4) is 0 Å². The van der Waals surface area contributed by atoms with E-state index >= 15 is 0 Å². The number of ether oxygens (including phenoxy) is 2. The number of rotatable bonds is 7. The molecular formula is C25H24N4O4S3. The van der Waals surface area contributed by atoms with Crippen molar-refractivity contribution in [2.45, 2.75) is 18.0 Å². The van der Waals surface area contributed by atoms with Crippen molar-refractivity contribution in [3.63, 3.8) is 0 Å². The Morgan fingerprint density at radius 3 is 2.53 bits per heavy atom. The molecule has 2 aromatic heterocycles. The number of amides is 1. The van der Waals surface area contributed by atoms with Gasteiger partial charge >= 0.3 is 0 Å². The number of likely N-dealkylation sites (tertiary alicyclic amines) is 1. The monoisotopic (exact) mass is 540 g/mol. The van der Waals surface area contributed by atoms with E-state index in [0.717, 1.165) is 31.6 Å². The molecule has 2 aromatic carbocycles. The summed E-state index contributed by atoms with van der Waals surface area (Å²) in [5.74, 6) is 1.26. The number of methoxy groups -OCH3 is 2. The number of thiazole rings is 1. The molecule has 1 aliphatic rings.